The summed E-state index contributed by atoms with van der Waals surface area (Å²) < 4.78 is 5.67. The van der Waals surface area contributed by atoms with Gasteiger partial charge in [0.15, 0.2) is 0 Å². The van der Waals surface area contributed by atoms with E-state index in [0.29, 0.717) is 17.1 Å². The Morgan fingerprint density at radius 3 is 2.72 bits per heavy atom. The number of nitrogen functional groups attached to an aromatic ring is 1. The van der Waals surface area contributed by atoms with Crippen LogP contribution in [0.4, 0.5) is 5.69 Å². The van der Waals surface area contributed by atoms with Crippen molar-refractivity contribution in [2.75, 3.05) is 5.73 Å². The number of benzene rings is 1. The molecule has 0 saturated heterocycles. The Balaban J connectivity index is 2.34. The topological polar surface area (TPSA) is 71.9 Å². The van der Waals surface area contributed by atoms with Crippen LogP contribution in [-0.2, 0) is 0 Å². The lowest BCUT2D eigenvalue weighted by molar-refractivity contribution is 0.461. The summed E-state index contributed by atoms with van der Waals surface area (Å²) in [6.07, 6.45) is 1.44. The maximum atomic E-state index is 8.74. The first-order chi connectivity index (χ1) is 8.60. The number of anilines is 1. The summed E-state index contributed by atoms with van der Waals surface area (Å²) in [5, 5.41) is 8.74. The van der Waals surface area contributed by atoms with E-state index in [1.165, 1.54) is 6.20 Å². The Bertz CT molecular complexity index is 629. The first-order valence-corrected chi connectivity index (χ1v) is 5.51. The van der Waals surface area contributed by atoms with Gasteiger partial charge < -0.3 is 10.5 Å². The van der Waals surface area contributed by atoms with E-state index in [1.54, 1.807) is 6.07 Å². The zero-order valence-electron chi connectivity index (χ0n) is 10.3. The first-order valence-electron chi connectivity index (χ1n) is 5.51. The second-order valence-corrected chi connectivity index (χ2v) is 4.10. The number of aryl methyl sites for hydroxylation is 2. The number of nitrogens with two attached hydrogens (primary N) is 1. The first kappa shape index (κ1) is 11.9. The highest BCUT2D eigenvalue weighted by Crippen LogP contribution is 2.28. The predicted molar refractivity (Wildman–Crippen MR) is 69.4 cm³/mol. The van der Waals surface area contributed by atoms with Gasteiger partial charge in [0, 0.05) is 6.20 Å². The zero-order chi connectivity index (χ0) is 13.1. The molecule has 0 saturated carbocycles. The molecule has 1 heterocycles. The largest absolute Gasteiger partial charge is 0.437 e. The molecule has 0 aliphatic carbocycles. The number of nitrogens with zero attached hydrogens (tertiary/aromatic N) is 2. The molecule has 0 aliphatic rings. The molecule has 2 rings (SSSR count). The molecule has 1 aromatic carbocycles. The highest BCUT2D eigenvalue weighted by molar-refractivity contribution is 5.54. The Kier molecular flexibility index (Phi) is 3.16. The minimum Gasteiger partial charge on any atom is -0.437 e. The van der Waals surface area contributed by atoms with E-state index in [1.807, 2.05) is 38.1 Å². The summed E-state index contributed by atoms with van der Waals surface area (Å²) in [6, 6.07) is 9.44. The van der Waals surface area contributed by atoms with Crippen molar-refractivity contribution in [2.45, 2.75) is 13.8 Å². The van der Waals surface area contributed by atoms with Gasteiger partial charge in [0.05, 0.1) is 11.3 Å². The van der Waals surface area contributed by atoms with Gasteiger partial charge in [0.1, 0.15) is 11.8 Å². The monoisotopic (exact) mass is 239 g/mol. The van der Waals surface area contributed by atoms with E-state index in [4.69, 9.17) is 15.7 Å². The molecule has 0 fully saturated rings. The summed E-state index contributed by atoms with van der Waals surface area (Å²) in [5.74, 6) is 1.04. The molecular weight excluding hydrogens is 226 g/mol. The van der Waals surface area contributed by atoms with E-state index in [0.717, 1.165) is 16.9 Å². The van der Waals surface area contributed by atoms with E-state index < -0.39 is 0 Å². The van der Waals surface area contributed by atoms with E-state index in [9.17, 15) is 0 Å². The Morgan fingerprint density at radius 2 is 2.06 bits per heavy atom. The molecule has 2 N–H and O–H groups in total. The SMILES string of the molecule is Cc1ccc(C)c(Oc2ncc(C#N)cc2N)c1. The Morgan fingerprint density at radius 1 is 1.28 bits per heavy atom. The van der Waals surface area contributed by atoms with Crippen LogP contribution in [-0.4, -0.2) is 4.98 Å². The number of nitriles is 1. The Hall–Kier alpha value is -2.54. The van der Waals surface area contributed by atoms with Crippen LogP contribution in [0.2, 0.25) is 0 Å². The molecule has 0 amide bonds. The van der Waals surface area contributed by atoms with Gasteiger partial charge in [-0.25, -0.2) is 4.98 Å². The fraction of sp³-hybridized carbons (Fsp3) is 0.143. The van der Waals surface area contributed by atoms with Gasteiger partial charge in [-0.2, -0.15) is 5.26 Å². The van der Waals surface area contributed by atoms with E-state index >= 15 is 0 Å². The van der Waals surface area contributed by atoms with Crippen LogP contribution in [0.15, 0.2) is 30.5 Å². The molecule has 0 spiro atoms. The summed E-state index contributed by atoms with van der Waals surface area (Å²) in [6.45, 7) is 3.94. The number of pyridine rings is 1. The third-order valence-corrected chi connectivity index (χ3v) is 2.56. The van der Waals surface area contributed by atoms with Gasteiger partial charge >= 0.3 is 0 Å². The van der Waals surface area contributed by atoms with Crippen LogP contribution >= 0.6 is 0 Å². The van der Waals surface area contributed by atoms with Crippen LogP contribution in [0.3, 0.4) is 0 Å². The number of hydrogen-bond donors (Lipinski definition) is 1. The van der Waals surface area contributed by atoms with Crippen molar-refractivity contribution in [3.63, 3.8) is 0 Å². The smallest absolute Gasteiger partial charge is 0.242 e. The van der Waals surface area contributed by atoms with Gasteiger partial charge in [0.25, 0.3) is 0 Å². The highest BCUT2D eigenvalue weighted by atomic mass is 16.5. The molecule has 2 aromatic rings. The van der Waals surface area contributed by atoms with Crippen LogP contribution < -0.4 is 10.5 Å². The van der Waals surface area contributed by atoms with Crippen molar-refractivity contribution >= 4 is 5.69 Å². The van der Waals surface area contributed by atoms with Crippen LogP contribution in [0.1, 0.15) is 16.7 Å². The molecule has 0 aliphatic heterocycles. The maximum Gasteiger partial charge on any atom is 0.242 e. The van der Waals surface area contributed by atoms with Gasteiger partial charge in [-0.05, 0) is 37.1 Å². The maximum absolute atomic E-state index is 8.74. The standard InChI is InChI=1S/C14H13N3O/c1-9-3-4-10(2)13(5-9)18-14-12(16)6-11(7-15)8-17-14/h3-6,8H,16H2,1-2H3. The summed E-state index contributed by atoms with van der Waals surface area (Å²) >= 11 is 0. The second kappa shape index (κ2) is 4.76. The van der Waals surface area contributed by atoms with Gasteiger partial charge in [-0.3, -0.25) is 0 Å². The molecule has 1 aromatic heterocycles. The van der Waals surface area contributed by atoms with Crippen molar-refractivity contribution in [3.05, 3.63) is 47.2 Å². The minimum atomic E-state index is 0.322. The molecule has 90 valence electrons. The lowest BCUT2D eigenvalue weighted by Gasteiger charge is -2.10. The molecule has 0 unspecified atom stereocenters. The average Bonchev–Trinajstić information content (AvgIpc) is 2.36. The molecule has 18 heavy (non-hydrogen) atoms. The Labute approximate surface area is 106 Å². The van der Waals surface area contributed by atoms with Gasteiger partial charge in [-0.15, -0.1) is 0 Å². The fourth-order valence-electron chi connectivity index (χ4n) is 1.54. The molecule has 0 atom stereocenters. The summed E-state index contributed by atoms with van der Waals surface area (Å²) in [5.41, 5.74) is 8.67. The molecular formula is C14H13N3O. The number of hydrogen-bond acceptors (Lipinski definition) is 4. The quantitative estimate of drug-likeness (QED) is 0.874. The van der Waals surface area contributed by atoms with Gasteiger partial charge in [0.2, 0.25) is 5.88 Å². The summed E-state index contributed by atoms with van der Waals surface area (Å²) in [7, 11) is 0. The number of aromatic nitrogens is 1. The number of ether oxygens (including phenoxy) is 1. The third-order valence-electron chi connectivity index (χ3n) is 2.56. The average molecular weight is 239 g/mol. The molecule has 0 bridgehead atoms. The van der Waals surface area contributed by atoms with Crippen LogP contribution in [0.25, 0.3) is 0 Å². The fourth-order valence-corrected chi connectivity index (χ4v) is 1.54. The van der Waals surface area contributed by atoms with E-state index in [2.05, 4.69) is 4.98 Å². The molecule has 0 radical (unpaired) electrons. The lowest BCUT2D eigenvalue weighted by Crippen LogP contribution is -1.97. The van der Waals surface area contributed by atoms with Crippen molar-refractivity contribution in [3.8, 4) is 17.7 Å². The predicted octanol–water partition coefficient (Wildman–Crippen LogP) is 2.94. The lowest BCUT2D eigenvalue weighted by atomic mass is 10.1. The van der Waals surface area contributed by atoms with Crippen LogP contribution in [0, 0.1) is 25.2 Å². The third kappa shape index (κ3) is 2.41. The molecule has 4 nitrogen and oxygen atoms in total. The van der Waals surface area contributed by atoms with Crippen molar-refractivity contribution in [1.29, 1.82) is 5.26 Å². The van der Waals surface area contributed by atoms with E-state index in [-0.39, 0.29) is 0 Å². The van der Waals surface area contributed by atoms with Gasteiger partial charge in [-0.1, -0.05) is 12.1 Å². The van der Waals surface area contributed by atoms with Crippen molar-refractivity contribution < 1.29 is 4.74 Å². The zero-order valence-corrected chi connectivity index (χ0v) is 10.3. The van der Waals surface area contributed by atoms with Crippen molar-refractivity contribution in [2.24, 2.45) is 0 Å². The van der Waals surface area contributed by atoms with Crippen LogP contribution in [0.5, 0.6) is 11.6 Å². The second-order valence-electron chi connectivity index (χ2n) is 4.10. The minimum absolute atomic E-state index is 0.322. The number of rotatable bonds is 2. The highest BCUT2D eigenvalue weighted by Gasteiger charge is 2.07. The normalized spacial score (nSPS) is 9.83. The summed E-state index contributed by atoms with van der Waals surface area (Å²) in [4.78, 5) is 4.05. The van der Waals surface area contributed by atoms with Crippen molar-refractivity contribution in [1.82, 2.24) is 4.98 Å². The molecule has 4 heteroatoms.